The van der Waals surface area contributed by atoms with E-state index in [1.165, 1.54) is 18.2 Å². The minimum atomic E-state index is -0.480. The van der Waals surface area contributed by atoms with Crippen LogP contribution in [0.4, 0.5) is 0 Å². The van der Waals surface area contributed by atoms with Crippen LogP contribution in [0.15, 0.2) is 24.3 Å². The van der Waals surface area contributed by atoms with Crippen LogP contribution in [-0.4, -0.2) is 19.6 Å². The predicted molar refractivity (Wildman–Crippen MR) is 71.3 cm³/mol. The monoisotopic (exact) mass is 247 g/mol. The second-order valence-electron chi connectivity index (χ2n) is 5.55. The van der Waals surface area contributed by atoms with Crippen molar-refractivity contribution >= 4 is 5.97 Å². The van der Waals surface area contributed by atoms with Crippen molar-refractivity contribution in [3.8, 4) is 0 Å². The maximum atomic E-state index is 11.6. The van der Waals surface area contributed by atoms with Crippen LogP contribution in [0.3, 0.4) is 0 Å². The molecule has 0 amide bonds. The van der Waals surface area contributed by atoms with Crippen LogP contribution in [-0.2, 0) is 16.0 Å². The first-order chi connectivity index (χ1) is 8.54. The van der Waals surface area contributed by atoms with Crippen LogP contribution in [0.1, 0.15) is 37.4 Å². The molecule has 1 N–H and O–H groups in total. The normalized spacial score (nSPS) is 18.5. The van der Waals surface area contributed by atoms with Gasteiger partial charge in [0.1, 0.15) is 0 Å². The number of esters is 1. The van der Waals surface area contributed by atoms with E-state index in [1.807, 2.05) is 13.8 Å². The second kappa shape index (κ2) is 5.11. The van der Waals surface area contributed by atoms with Gasteiger partial charge in [-0.25, -0.2) is 0 Å². The van der Waals surface area contributed by atoms with Gasteiger partial charge in [-0.15, -0.1) is 0 Å². The Hall–Kier alpha value is -1.35. The van der Waals surface area contributed by atoms with Crippen molar-refractivity contribution in [2.24, 2.45) is 5.41 Å². The summed E-state index contributed by atoms with van der Waals surface area (Å²) in [5.41, 5.74) is 2.32. The van der Waals surface area contributed by atoms with Crippen LogP contribution >= 0.6 is 0 Å². The van der Waals surface area contributed by atoms with E-state index in [1.54, 1.807) is 0 Å². The molecule has 3 nitrogen and oxygen atoms in total. The lowest BCUT2D eigenvalue weighted by atomic mass is 9.93. The van der Waals surface area contributed by atoms with E-state index in [-0.39, 0.29) is 5.97 Å². The minimum Gasteiger partial charge on any atom is -0.469 e. The van der Waals surface area contributed by atoms with Gasteiger partial charge < -0.3 is 10.1 Å². The fourth-order valence-corrected chi connectivity index (χ4v) is 2.50. The number of hydrogen-bond acceptors (Lipinski definition) is 3. The van der Waals surface area contributed by atoms with Crippen LogP contribution in [0, 0.1) is 5.41 Å². The van der Waals surface area contributed by atoms with Crippen molar-refractivity contribution in [2.45, 2.75) is 32.7 Å². The molecular weight excluding hydrogens is 226 g/mol. The summed E-state index contributed by atoms with van der Waals surface area (Å²) in [5.74, 6) is -0.165. The number of carbonyl (C=O) groups is 1. The number of ether oxygens (including phenoxy) is 1. The topological polar surface area (TPSA) is 38.3 Å². The van der Waals surface area contributed by atoms with E-state index in [0.717, 1.165) is 12.8 Å². The zero-order chi connectivity index (χ0) is 13.2. The van der Waals surface area contributed by atoms with Crippen molar-refractivity contribution in [2.75, 3.05) is 13.7 Å². The molecule has 1 aliphatic carbocycles. The molecule has 0 bridgehead atoms. The Bertz CT molecular complexity index is 440. The van der Waals surface area contributed by atoms with Gasteiger partial charge in [0.2, 0.25) is 0 Å². The molecule has 1 aliphatic rings. The van der Waals surface area contributed by atoms with Crippen molar-refractivity contribution in [3.05, 3.63) is 35.4 Å². The lowest BCUT2D eigenvalue weighted by Gasteiger charge is -2.24. The lowest BCUT2D eigenvalue weighted by molar-refractivity contribution is -0.150. The van der Waals surface area contributed by atoms with E-state index in [9.17, 15) is 4.79 Å². The van der Waals surface area contributed by atoms with Crippen molar-refractivity contribution in [1.29, 1.82) is 0 Å². The van der Waals surface area contributed by atoms with Gasteiger partial charge in [-0.1, -0.05) is 24.3 Å². The molecule has 1 unspecified atom stereocenters. The molecule has 1 aromatic carbocycles. The maximum Gasteiger partial charge on any atom is 0.312 e. The highest BCUT2D eigenvalue weighted by atomic mass is 16.5. The maximum absolute atomic E-state index is 11.6. The Morgan fingerprint density at radius 1 is 1.44 bits per heavy atom. The van der Waals surface area contributed by atoms with E-state index in [4.69, 9.17) is 4.74 Å². The molecule has 0 heterocycles. The zero-order valence-electron chi connectivity index (χ0n) is 11.3. The van der Waals surface area contributed by atoms with Gasteiger partial charge in [0, 0.05) is 12.6 Å². The second-order valence-corrected chi connectivity index (χ2v) is 5.55. The highest BCUT2D eigenvalue weighted by Crippen LogP contribution is 2.31. The van der Waals surface area contributed by atoms with Gasteiger partial charge in [0.15, 0.2) is 0 Å². The molecule has 0 saturated carbocycles. The Morgan fingerprint density at radius 3 is 2.89 bits per heavy atom. The summed E-state index contributed by atoms with van der Waals surface area (Å²) < 4.78 is 4.82. The molecular formula is C15H21NO2. The number of aryl methyl sites for hydroxylation is 1. The van der Waals surface area contributed by atoms with Gasteiger partial charge in [-0.05, 0) is 37.8 Å². The highest BCUT2D eigenvalue weighted by molar-refractivity contribution is 5.76. The van der Waals surface area contributed by atoms with Gasteiger partial charge in [0.25, 0.3) is 0 Å². The Balaban J connectivity index is 1.99. The van der Waals surface area contributed by atoms with E-state index in [0.29, 0.717) is 12.6 Å². The zero-order valence-corrected chi connectivity index (χ0v) is 11.3. The van der Waals surface area contributed by atoms with Crippen LogP contribution in [0.25, 0.3) is 0 Å². The summed E-state index contributed by atoms with van der Waals surface area (Å²) in [4.78, 5) is 11.6. The third-order valence-corrected chi connectivity index (χ3v) is 3.66. The Labute approximate surface area is 109 Å². The quantitative estimate of drug-likeness (QED) is 0.831. The first kappa shape index (κ1) is 13.1. The average Bonchev–Trinajstić information content (AvgIpc) is 2.78. The molecule has 18 heavy (non-hydrogen) atoms. The standard InChI is InChI=1S/C15H21NO2/c1-15(2,14(17)18-3)10-16-13-9-8-11-6-4-5-7-12(11)13/h4-7,13,16H,8-10H2,1-3H3. The predicted octanol–water partition coefficient (Wildman–Crippen LogP) is 2.46. The fourth-order valence-electron chi connectivity index (χ4n) is 2.50. The number of rotatable bonds is 4. The summed E-state index contributed by atoms with van der Waals surface area (Å²) in [7, 11) is 1.44. The molecule has 0 fully saturated rings. The smallest absolute Gasteiger partial charge is 0.312 e. The van der Waals surface area contributed by atoms with E-state index >= 15 is 0 Å². The molecule has 0 aromatic heterocycles. The van der Waals surface area contributed by atoms with E-state index < -0.39 is 5.41 Å². The molecule has 0 radical (unpaired) electrons. The number of benzene rings is 1. The van der Waals surface area contributed by atoms with Gasteiger partial charge >= 0.3 is 5.97 Å². The third-order valence-electron chi connectivity index (χ3n) is 3.66. The number of carbonyl (C=O) groups excluding carboxylic acids is 1. The minimum absolute atomic E-state index is 0.165. The van der Waals surface area contributed by atoms with Gasteiger partial charge in [-0.2, -0.15) is 0 Å². The first-order valence-corrected chi connectivity index (χ1v) is 6.44. The third kappa shape index (κ3) is 2.56. The first-order valence-electron chi connectivity index (χ1n) is 6.44. The number of hydrogen-bond donors (Lipinski definition) is 1. The SMILES string of the molecule is COC(=O)C(C)(C)CNC1CCc2ccccc21. The largest absolute Gasteiger partial charge is 0.469 e. The molecule has 3 heteroatoms. The summed E-state index contributed by atoms with van der Waals surface area (Å²) in [6.07, 6.45) is 2.23. The molecule has 0 spiro atoms. The van der Waals surface area contributed by atoms with Gasteiger partial charge in [-0.3, -0.25) is 4.79 Å². The molecule has 1 atom stereocenters. The Morgan fingerprint density at radius 2 is 2.17 bits per heavy atom. The number of fused-ring (bicyclic) bond motifs is 1. The van der Waals surface area contributed by atoms with Crippen LogP contribution in [0.2, 0.25) is 0 Å². The average molecular weight is 247 g/mol. The number of methoxy groups -OCH3 is 1. The summed E-state index contributed by atoms with van der Waals surface area (Å²) in [5, 5.41) is 3.49. The highest BCUT2D eigenvalue weighted by Gasteiger charge is 2.30. The van der Waals surface area contributed by atoms with Crippen molar-refractivity contribution in [3.63, 3.8) is 0 Å². The molecule has 2 rings (SSSR count). The molecule has 98 valence electrons. The molecule has 0 aliphatic heterocycles. The van der Waals surface area contributed by atoms with Crippen LogP contribution in [0.5, 0.6) is 0 Å². The van der Waals surface area contributed by atoms with Crippen molar-refractivity contribution in [1.82, 2.24) is 5.32 Å². The van der Waals surface area contributed by atoms with E-state index in [2.05, 4.69) is 29.6 Å². The van der Waals surface area contributed by atoms with Crippen LogP contribution < -0.4 is 5.32 Å². The van der Waals surface area contributed by atoms with Crippen molar-refractivity contribution < 1.29 is 9.53 Å². The summed E-state index contributed by atoms with van der Waals surface area (Å²) >= 11 is 0. The molecule has 0 saturated heterocycles. The number of nitrogens with one attached hydrogen (secondary N) is 1. The van der Waals surface area contributed by atoms with Gasteiger partial charge in [0.05, 0.1) is 12.5 Å². The summed E-state index contributed by atoms with van der Waals surface area (Å²) in [6, 6.07) is 8.88. The molecule has 1 aromatic rings. The Kier molecular flexibility index (Phi) is 3.71. The fraction of sp³-hybridized carbons (Fsp3) is 0.533. The summed E-state index contributed by atoms with van der Waals surface area (Å²) in [6.45, 7) is 4.46. The lowest BCUT2D eigenvalue weighted by Crippen LogP contribution is -2.38.